The molecule has 1 aromatic heterocycles. The maximum Gasteiger partial charge on any atom is 0.255 e. The number of para-hydroxylation sites is 1. The highest BCUT2D eigenvalue weighted by Crippen LogP contribution is 2.24. The zero-order chi connectivity index (χ0) is 12.6. The monoisotopic (exact) mass is 271 g/mol. The molecular weight excluding hydrogens is 262 g/mol. The van der Waals surface area contributed by atoms with Gasteiger partial charge in [-0.1, -0.05) is 23.7 Å². The van der Waals surface area contributed by atoms with E-state index in [4.69, 9.17) is 17.4 Å². The van der Waals surface area contributed by atoms with Gasteiger partial charge in [-0.2, -0.15) is 0 Å². The molecule has 0 unspecified atom stereocenters. The molecule has 0 saturated carbocycles. The van der Waals surface area contributed by atoms with Gasteiger partial charge in [0.25, 0.3) is 10.0 Å². The minimum Gasteiger partial charge on any atom is -0.257 e. The third kappa shape index (κ3) is 2.12. The molecular formula is C10H10ClN3O2S. The van der Waals surface area contributed by atoms with Crippen molar-refractivity contribution in [1.29, 1.82) is 0 Å². The highest BCUT2D eigenvalue weighted by molar-refractivity contribution is 7.89. The number of fused-ring (bicyclic) bond motifs is 1. The van der Waals surface area contributed by atoms with Gasteiger partial charge >= 0.3 is 0 Å². The van der Waals surface area contributed by atoms with Crippen LogP contribution in [0.5, 0.6) is 0 Å². The fourth-order valence-corrected chi connectivity index (χ4v) is 2.48. The van der Waals surface area contributed by atoms with Crippen LogP contribution in [-0.2, 0) is 10.0 Å². The molecule has 1 aromatic carbocycles. The fourth-order valence-electron chi connectivity index (χ4n) is 1.53. The lowest BCUT2D eigenvalue weighted by molar-refractivity contribution is 0.585. The van der Waals surface area contributed by atoms with Gasteiger partial charge in [0.1, 0.15) is 10.0 Å². The van der Waals surface area contributed by atoms with Crippen molar-refractivity contribution in [2.24, 2.45) is 5.84 Å². The standard InChI is InChI=1S/C10H10ClN3O2S/c1-6-5-7-3-2-4-8(17(15,16)14-12)9(7)13-10(6)11/h2-5,14H,12H2,1H3. The second-order valence-corrected chi connectivity index (χ2v) is 5.59. The van der Waals surface area contributed by atoms with E-state index in [1.165, 1.54) is 6.07 Å². The third-order valence-electron chi connectivity index (χ3n) is 2.38. The molecule has 1 heterocycles. The summed E-state index contributed by atoms with van der Waals surface area (Å²) in [6, 6.07) is 6.60. The highest BCUT2D eigenvalue weighted by Gasteiger charge is 2.17. The van der Waals surface area contributed by atoms with Gasteiger partial charge in [-0.15, -0.1) is 4.83 Å². The Bertz CT molecular complexity index is 685. The summed E-state index contributed by atoms with van der Waals surface area (Å²) in [5.74, 6) is 5.00. The molecule has 2 aromatic rings. The van der Waals surface area contributed by atoms with Gasteiger partial charge < -0.3 is 0 Å². The number of sulfonamides is 1. The number of halogens is 1. The molecule has 7 heteroatoms. The van der Waals surface area contributed by atoms with Crippen LogP contribution < -0.4 is 10.7 Å². The third-order valence-corrected chi connectivity index (χ3v) is 3.98. The van der Waals surface area contributed by atoms with Crippen molar-refractivity contribution in [3.8, 4) is 0 Å². The van der Waals surface area contributed by atoms with E-state index < -0.39 is 10.0 Å². The van der Waals surface area contributed by atoms with E-state index in [1.807, 2.05) is 0 Å². The molecule has 0 aliphatic carbocycles. The molecule has 0 atom stereocenters. The number of aryl methyl sites for hydroxylation is 1. The molecule has 0 saturated heterocycles. The van der Waals surface area contributed by atoms with Gasteiger partial charge in [0.15, 0.2) is 0 Å². The lowest BCUT2D eigenvalue weighted by Crippen LogP contribution is -2.30. The Morgan fingerprint density at radius 3 is 2.76 bits per heavy atom. The molecule has 0 fully saturated rings. The molecule has 0 aliphatic heterocycles. The molecule has 0 aliphatic rings. The summed E-state index contributed by atoms with van der Waals surface area (Å²) in [7, 11) is -3.75. The van der Waals surface area contributed by atoms with Gasteiger partial charge in [-0.3, -0.25) is 5.84 Å². The topological polar surface area (TPSA) is 85.1 Å². The molecule has 90 valence electrons. The van der Waals surface area contributed by atoms with Crippen LogP contribution in [0.15, 0.2) is 29.2 Å². The largest absolute Gasteiger partial charge is 0.257 e. The smallest absolute Gasteiger partial charge is 0.255 e. The number of benzene rings is 1. The summed E-state index contributed by atoms with van der Waals surface area (Å²) in [6.45, 7) is 1.80. The number of rotatable bonds is 2. The molecule has 0 amide bonds. The minimum absolute atomic E-state index is 0.0133. The van der Waals surface area contributed by atoms with E-state index in [9.17, 15) is 8.42 Å². The Morgan fingerprint density at radius 1 is 1.41 bits per heavy atom. The SMILES string of the molecule is Cc1cc2cccc(S(=O)(=O)NN)c2nc1Cl. The molecule has 0 radical (unpaired) electrons. The van der Waals surface area contributed by atoms with Crippen LogP contribution in [0.25, 0.3) is 10.9 Å². The van der Waals surface area contributed by atoms with Crippen LogP contribution in [0.3, 0.4) is 0 Å². The second-order valence-electron chi connectivity index (χ2n) is 3.55. The van der Waals surface area contributed by atoms with Crippen molar-refractivity contribution < 1.29 is 8.42 Å². The van der Waals surface area contributed by atoms with Gasteiger partial charge in [-0.25, -0.2) is 13.4 Å². The quantitative estimate of drug-likeness (QED) is 0.490. The van der Waals surface area contributed by atoms with Crippen molar-refractivity contribution >= 4 is 32.5 Å². The zero-order valence-electron chi connectivity index (χ0n) is 8.94. The van der Waals surface area contributed by atoms with Gasteiger partial charge in [0, 0.05) is 5.39 Å². The summed E-state index contributed by atoms with van der Waals surface area (Å²) < 4.78 is 23.4. The van der Waals surface area contributed by atoms with E-state index in [2.05, 4.69) is 4.98 Å². The Morgan fingerprint density at radius 2 is 2.12 bits per heavy atom. The molecule has 5 nitrogen and oxygen atoms in total. The molecule has 0 spiro atoms. The van der Waals surface area contributed by atoms with E-state index in [0.29, 0.717) is 10.9 Å². The average Bonchev–Trinajstić information content (AvgIpc) is 2.30. The summed E-state index contributed by atoms with van der Waals surface area (Å²) in [6.07, 6.45) is 0. The van der Waals surface area contributed by atoms with Crippen molar-refractivity contribution in [3.05, 3.63) is 35.0 Å². The van der Waals surface area contributed by atoms with E-state index in [0.717, 1.165) is 5.56 Å². The predicted octanol–water partition coefficient (Wildman–Crippen LogP) is 1.35. The lowest BCUT2D eigenvalue weighted by Gasteiger charge is -2.07. The van der Waals surface area contributed by atoms with Crippen molar-refractivity contribution in [2.75, 3.05) is 0 Å². The first-order valence-electron chi connectivity index (χ1n) is 4.74. The fraction of sp³-hybridized carbons (Fsp3) is 0.100. The van der Waals surface area contributed by atoms with Crippen molar-refractivity contribution in [3.63, 3.8) is 0 Å². The number of nitrogens with one attached hydrogen (secondary N) is 1. The van der Waals surface area contributed by atoms with Crippen LogP contribution in [0.2, 0.25) is 5.15 Å². The second kappa shape index (κ2) is 4.23. The Hall–Kier alpha value is -1.21. The first-order valence-corrected chi connectivity index (χ1v) is 6.60. The van der Waals surface area contributed by atoms with Crippen LogP contribution in [0.1, 0.15) is 5.56 Å². The first kappa shape index (κ1) is 12.3. The zero-order valence-corrected chi connectivity index (χ0v) is 10.5. The summed E-state index contributed by atoms with van der Waals surface area (Å²) >= 11 is 5.90. The Kier molecular flexibility index (Phi) is 3.05. The van der Waals surface area contributed by atoms with Gasteiger partial charge in [0.2, 0.25) is 0 Å². The van der Waals surface area contributed by atoms with E-state index in [1.54, 1.807) is 30.0 Å². The van der Waals surface area contributed by atoms with Crippen LogP contribution in [-0.4, -0.2) is 13.4 Å². The highest BCUT2D eigenvalue weighted by atomic mass is 35.5. The van der Waals surface area contributed by atoms with Crippen LogP contribution in [0, 0.1) is 6.92 Å². The first-order chi connectivity index (χ1) is 7.95. The average molecular weight is 272 g/mol. The number of aromatic nitrogens is 1. The minimum atomic E-state index is -3.75. The van der Waals surface area contributed by atoms with Crippen LogP contribution >= 0.6 is 11.6 Å². The number of nitrogens with zero attached hydrogens (tertiary/aromatic N) is 1. The predicted molar refractivity (Wildman–Crippen MR) is 66.0 cm³/mol. The number of hydrazine groups is 1. The summed E-state index contributed by atoms with van der Waals surface area (Å²) in [5.41, 5.74) is 1.09. The summed E-state index contributed by atoms with van der Waals surface area (Å²) in [4.78, 5) is 5.87. The van der Waals surface area contributed by atoms with E-state index in [-0.39, 0.29) is 10.0 Å². The number of nitrogens with two attached hydrogens (primary N) is 1. The maximum atomic E-state index is 11.7. The number of pyridine rings is 1. The molecule has 17 heavy (non-hydrogen) atoms. The maximum absolute atomic E-state index is 11.7. The normalized spacial score (nSPS) is 11.9. The molecule has 2 rings (SSSR count). The summed E-state index contributed by atoms with van der Waals surface area (Å²) in [5, 5.41) is 0.973. The van der Waals surface area contributed by atoms with Gasteiger partial charge in [0.05, 0.1) is 5.52 Å². The molecule has 0 bridgehead atoms. The lowest BCUT2D eigenvalue weighted by atomic mass is 10.2. The van der Waals surface area contributed by atoms with Crippen LogP contribution in [0.4, 0.5) is 0 Å². The number of hydrogen-bond donors (Lipinski definition) is 2. The Balaban J connectivity index is 2.87. The van der Waals surface area contributed by atoms with Crippen molar-refractivity contribution in [2.45, 2.75) is 11.8 Å². The van der Waals surface area contributed by atoms with E-state index >= 15 is 0 Å². The Labute approximate surface area is 104 Å². The van der Waals surface area contributed by atoms with Gasteiger partial charge in [-0.05, 0) is 24.6 Å². The number of hydrogen-bond acceptors (Lipinski definition) is 4. The van der Waals surface area contributed by atoms with Crippen molar-refractivity contribution in [1.82, 2.24) is 9.82 Å². The molecule has 3 N–H and O–H groups in total.